The van der Waals surface area contributed by atoms with Crippen LogP contribution in [-0.4, -0.2) is 11.6 Å². The van der Waals surface area contributed by atoms with Gasteiger partial charge < -0.3 is 15.8 Å². The molecule has 104 valence electrons. The summed E-state index contributed by atoms with van der Waals surface area (Å²) in [7, 11) is 0. The van der Waals surface area contributed by atoms with Gasteiger partial charge >= 0.3 is 0 Å². The van der Waals surface area contributed by atoms with Gasteiger partial charge in [-0.05, 0) is 23.8 Å². The van der Waals surface area contributed by atoms with Crippen molar-refractivity contribution in [2.45, 2.75) is 13.0 Å². The summed E-state index contributed by atoms with van der Waals surface area (Å²) in [6, 6.07) is 5.82. The summed E-state index contributed by atoms with van der Waals surface area (Å²) in [5.41, 5.74) is 8.49. The van der Waals surface area contributed by atoms with E-state index < -0.39 is 0 Å². The Morgan fingerprint density at radius 3 is 3.05 bits per heavy atom. The molecular formula is C14H13BrClN3O. The predicted octanol–water partition coefficient (Wildman–Crippen LogP) is 3.63. The maximum atomic E-state index is 6.10. The van der Waals surface area contributed by atoms with E-state index in [9.17, 15) is 0 Å². The van der Waals surface area contributed by atoms with Gasteiger partial charge in [0.25, 0.3) is 0 Å². The quantitative estimate of drug-likeness (QED) is 0.883. The summed E-state index contributed by atoms with van der Waals surface area (Å²) in [5, 5.41) is 3.73. The molecule has 3 N–H and O–H groups in total. The number of aromatic nitrogens is 1. The summed E-state index contributed by atoms with van der Waals surface area (Å²) in [4.78, 5) is 4.19. The van der Waals surface area contributed by atoms with Gasteiger partial charge in [0.05, 0.1) is 23.5 Å². The fourth-order valence-electron chi connectivity index (χ4n) is 2.24. The third-order valence-corrected chi connectivity index (χ3v) is 3.88. The first-order chi connectivity index (χ1) is 9.63. The molecule has 0 fully saturated rings. The minimum atomic E-state index is 0.512. The molecule has 0 bridgehead atoms. The van der Waals surface area contributed by atoms with Gasteiger partial charge in [0.1, 0.15) is 11.6 Å². The molecule has 4 nitrogen and oxygen atoms in total. The minimum absolute atomic E-state index is 0.512. The van der Waals surface area contributed by atoms with Crippen LogP contribution in [0.15, 0.2) is 28.9 Å². The number of fused-ring (bicyclic) bond motifs is 1. The molecule has 0 unspecified atom stereocenters. The number of halogens is 2. The van der Waals surface area contributed by atoms with Crippen molar-refractivity contribution < 1.29 is 4.74 Å². The number of nitrogens with two attached hydrogens (primary N) is 1. The Labute approximate surface area is 130 Å². The highest BCUT2D eigenvalue weighted by molar-refractivity contribution is 9.10. The van der Waals surface area contributed by atoms with Crippen molar-refractivity contribution in [1.82, 2.24) is 4.98 Å². The van der Waals surface area contributed by atoms with Crippen LogP contribution in [0.1, 0.15) is 11.1 Å². The fourth-order valence-corrected chi connectivity index (χ4v) is 3.03. The van der Waals surface area contributed by atoms with Gasteiger partial charge in [0.2, 0.25) is 0 Å². The molecule has 0 saturated carbocycles. The van der Waals surface area contributed by atoms with Crippen LogP contribution in [0.3, 0.4) is 0 Å². The molecule has 2 aromatic rings. The van der Waals surface area contributed by atoms with E-state index in [2.05, 4.69) is 32.3 Å². The largest absolute Gasteiger partial charge is 0.493 e. The van der Waals surface area contributed by atoms with Crippen LogP contribution in [-0.2, 0) is 13.0 Å². The highest BCUT2D eigenvalue weighted by atomic mass is 79.9. The van der Waals surface area contributed by atoms with Crippen LogP contribution >= 0.6 is 27.5 Å². The van der Waals surface area contributed by atoms with Gasteiger partial charge in [0.15, 0.2) is 0 Å². The first-order valence-corrected chi connectivity index (χ1v) is 7.39. The third-order valence-electron chi connectivity index (χ3n) is 3.13. The van der Waals surface area contributed by atoms with Crippen molar-refractivity contribution >= 4 is 39.0 Å². The van der Waals surface area contributed by atoms with Crippen molar-refractivity contribution in [2.24, 2.45) is 0 Å². The van der Waals surface area contributed by atoms with Crippen LogP contribution in [0.5, 0.6) is 5.75 Å². The van der Waals surface area contributed by atoms with Crippen LogP contribution in [0, 0.1) is 0 Å². The van der Waals surface area contributed by atoms with E-state index in [1.54, 1.807) is 12.3 Å². The fraction of sp³-hybridized carbons (Fsp3) is 0.214. The second kappa shape index (κ2) is 5.50. The number of ether oxygens (including phenoxy) is 1. The molecular weight excluding hydrogens is 342 g/mol. The molecule has 0 amide bonds. The van der Waals surface area contributed by atoms with Crippen LogP contribution in [0.25, 0.3) is 0 Å². The second-order valence-electron chi connectivity index (χ2n) is 4.60. The summed E-state index contributed by atoms with van der Waals surface area (Å²) in [5.74, 6) is 1.58. The molecule has 3 rings (SSSR count). The van der Waals surface area contributed by atoms with E-state index in [0.717, 1.165) is 28.8 Å². The molecule has 1 aromatic carbocycles. The van der Waals surface area contributed by atoms with E-state index in [1.807, 2.05) is 6.07 Å². The lowest BCUT2D eigenvalue weighted by atomic mass is 10.1. The van der Waals surface area contributed by atoms with Crippen LogP contribution < -0.4 is 15.8 Å². The van der Waals surface area contributed by atoms with Gasteiger partial charge in [-0.1, -0.05) is 27.5 Å². The number of hydrogen-bond donors (Lipinski definition) is 2. The number of nitrogens with one attached hydrogen (secondary N) is 1. The monoisotopic (exact) mass is 353 g/mol. The van der Waals surface area contributed by atoms with E-state index in [4.69, 9.17) is 22.1 Å². The molecule has 2 heterocycles. The molecule has 0 spiro atoms. The molecule has 1 aliphatic heterocycles. The molecule has 1 aliphatic rings. The number of pyridine rings is 1. The summed E-state index contributed by atoms with van der Waals surface area (Å²) in [6.07, 6.45) is 2.53. The van der Waals surface area contributed by atoms with Crippen molar-refractivity contribution in [1.29, 1.82) is 0 Å². The third kappa shape index (κ3) is 2.69. The van der Waals surface area contributed by atoms with Crippen molar-refractivity contribution in [3.63, 3.8) is 0 Å². The zero-order valence-corrected chi connectivity index (χ0v) is 13.0. The maximum Gasteiger partial charge on any atom is 0.145 e. The summed E-state index contributed by atoms with van der Waals surface area (Å²) < 4.78 is 6.74. The Hall–Kier alpha value is -1.46. The van der Waals surface area contributed by atoms with Gasteiger partial charge in [-0.25, -0.2) is 4.98 Å². The van der Waals surface area contributed by atoms with Gasteiger partial charge in [0, 0.05) is 23.0 Å². The van der Waals surface area contributed by atoms with E-state index >= 15 is 0 Å². The van der Waals surface area contributed by atoms with Gasteiger partial charge in [-0.3, -0.25) is 0 Å². The van der Waals surface area contributed by atoms with E-state index in [1.165, 1.54) is 5.56 Å². The molecule has 20 heavy (non-hydrogen) atoms. The number of benzene rings is 1. The Bertz CT molecular complexity index is 663. The molecule has 0 radical (unpaired) electrons. The normalized spacial score (nSPS) is 12.9. The average Bonchev–Trinajstić information content (AvgIpc) is 2.85. The standard InChI is InChI=1S/C14H13BrClN3O/c15-10-3-8-1-2-20-13(8)9(4-10)6-18-14-12(16)5-11(17)7-19-14/h3-5,7H,1-2,6,17H2,(H,18,19). The van der Waals surface area contributed by atoms with Crippen molar-refractivity contribution in [3.8, 4) is 5.75 Å². The lowest BCUT2D eigenvalue weighted by Crippen LogP contribution is -2.04. The first kappa shape index (κ1) is 13.5. The number of anilines is 2. The SMILES string of the molecule is Nc1cnc(NCc2cc(Br)cc3c2OCC3)c(Cl)c1. The Kier molecular flexibility index (Phi) is 3.72. The number of hydrogen-bond acceptors (Lipinski definition) is 4. The Balaban J connectivity index is 1.82. The zero-order valence-electron chi connectivity index (χ0n) is 10.6. The average molecular weight is 355 g/mol. The number of nitrogen functional groups attached to an aromatic ring is 1. The predicted molar refractivity (Wildman–Crippen MR) is 84.3 cm³/mol. The second-order valence-corrected chi connectivity index (χ2v) is 5.93. The number of nitrogens with zero attached hydrogens (tertiary/aromatic N) is 1. The van der Waals surface area contributed by atoms with Crippen molar-refractivity contribution in [3.05, 3.63) is 45.0 Å². The zero-order chi connectivity index (χ0) is 14.1. The maximum absolute atomic E-state index is 6.10. The minimum Gasteiger partial charge on any atom is -0.493 e. The lowest BCUT2D eigenvalue weighted by Gasteiger charge is -2.11. The van der Waals surface area contributed by atoms with Gasteiger partial charge in [-0.15, -0.1) is 0 Å². The molecule has 6 heteroatoms. The lowest BCUT2D eigenvalue weighted by molar-refractivity contribution is 0.354. The van der Waals surface area contributed by atoms with E-state index in [-0.39, 0.29) is 0 Å². The Morgan fingerprint density at radius 2 is 2.25 bits per heavy atom. The topological polar surface area (TPSA) is 60.2 Å². The smallest absolute Gasteiger partial charge is 0.145 e. The van der Waals surface area contributed by atoms with Gasteiger partial charge in [-0.2, -0.15) is 0 Å². The molecule has 0 aliphatic carbocycles. The molecule has 0 saturated heterocycles. The molecule has 1 aromatic heterocycles. The van der Waals surface area contributed by atoms with E-state index in [0.29, 0.717) is 23.1 Å². The first-order valence-electron chi connectivity index (χ1n) is 6.22. The highest BCUT2D eigenvalue weighted by Crippen LogP contribution is 2.33. The van der Waals surface area contributed by atoms with Crippen molar-refractivity contribution in [2.75, 3.05) is 17.7 Å². The summed E-state index contributed by atoms with van der Waals surface area (Å²) >= 11 is 9.62. The van der Waals surface area contributed by atoms with Crippen LogP contribution in [0.2, 0.25) is 5.02 Å². The molecule has 0 atom stereocenters. The summed E-state index contributed by atoms with van der Waals surface area (Å²) in [6.45, 7) is 1.33. The number of rotatable bonds is 3. The van der Waals surface area contributed by atoms with Crippen LogP contribution in [0.4, 0.5) is 11.5 Å². The Morgan fingerprint density at radius 1 is 1.40 bits per heavy atom. The highest BCUT2D eigenvalue weighted by Gasteiger charge is 2.17.